The fourth-order valence-corrected chi connectivity index (χ4v) is 5.21. The normalized spacial score (nSPS) is 23.0. The molecular formula is C25H33N5O2S. The lowest BCUT2D eigenvalue weighted by molar-refractivity contribution is -0.0926. The number of aromatic nitrogens is 4. The minimum atomic E-state index is -1.04. The van der Waals surface area contributed by atoms with E-state index in [1.54, 1.807) is 16.9 Å². The second-order valence-electron chi connectivity index (χ2n) is 9.32. The Morgan fingerprint density at radius 1 is 1.18 bits per heavy atom. The summed E-state index contributed by atoms with van der Waals surface area (Å²) in [6.07, 6.45) is 6.73. The van der Waals surface area contributed by atoms with Crippen LogP contribution in [0.4, 0.5) is 5.95 Å². The Hall–Kier alpha value is -2.58. The maximum absolute atomic E-state index is 11.8. The van der Waals surface area contributed by atoms with Crippen LogP contribution in [-0.2, 0) is 12.6 Å². The molecule has 176 valence electrons. The Labute approximate surface area is 200 Å². The van der Waals surface area contributed by atoms with Gasteiger partial charge in [0.05, 0.1) is 16.8 Å². The van der Waals surface area contributed by atoms with Gasteiger partial charge >= 0.3 is 0 Å². The van der Waals surface area contributed by atoms with Crippen molar-refractivity contribution in [3.8, 4) is 11.6 Å². The van der Waals surface area contributed by atoms with Gasteiger partial charge in [0.15, 0.2) is 0 Å². The number of aryl methyl sites for hydroxylation is 1. The monoisotopic (exact) mass is 467 g/mol. The molecule has 1 aliphatic rings. The van der Waals surface area contributed by atoms with Crippen LogP contribution < -0.4 is 9.46 Å². The molecule has 4 rings (SSSR count). The highest BCUT2D eigenvalue weighted by atomic mass is 32.2. The molecule has 7 nitrogen and oxygen atoms in total. The topological polar surface area (TPSA) is 85.1 Å². The Balaban J connectivity index is 1.71. The maximum Gasteiger partial charge on any atom is 0.236 e. The van der Waals surface area contributed by atoms with Crippen molar-refractivity contribution < 1.29 is 9.84 Å². The first kappa shape index (κ1) is 23.6. The van der Waals surface area contributed by atoms with Crippen LogP contribution in [0.2, 0.25) is 0 Å². The van der Waals surface area contributed by atoms with Crippen LogP contribution in [0.1, 0.15) is 64.1 Å². The van der Waals surface area contributed by atoms with Gasteiger partial charge in [-0.05, 0) is 54.2 Å². The van der Waals surface area contributed by atoms with Gasteiger partial charge in [-0.15, -0.1) is 0 Å². The molecule has 2 aromatic heterocycles. The number of hydrogen-bond donors (Lipinski definition) is 2. The van der Waals surface area contributed by atoms with Gasteiger partial charge in [0, 0.05) is 19.3 Å². The second-order valence-corrected chi connectivity index (χ2v) is 10.2. The summed E-state index contributed by atoms with van der Waals surface area (Å²) in [4.78, 5) is 10.3. The zero-order valence-corrected chi connectivity index (χ0v) is 20.8. The highest BCUT2D eigenvalue weighted by Crippen LogP contribution is 2.46. The number of hydrogen-bond acceptors (Lipinski definition) is 7. The summed E-state index contributed by atoms with van der Waals surface area (Å²) < 4.78 is 11.2. The van der Waals surface area contributed by atoms with Crippen molar-refractivity contribution in [2.75, 3.05) is 4.72 Å². The van der Waals surface area contributed by atoms with Crippen LogP contribution in [0.5, 0.6) is 11.6 Å². The van der Waals surface area contributed by atoms with Crippen molar-refractivity contribution in [2.24, 2.45) is 18.9 Å². The molecule has 0 spiro atoms. The summed E-state index contributed by atoms with van der Waals surface area (Å²) in [5, 5.41) is 16.0. The summed E-state index contributed by atoms with van der Waals surface area (Å²) in [7, 11) is 1.88. The summed E-state index contributed by atoms with van der Waals surface area (Å²) >= 11 is 1.38. The lowest BCUT2D eigenvalue weighted by atomic mass is 9.68. The van der Waals surface area contributed by atoms with Gasteiger partial charge in [-0.25, -0.2) is 4.98 Å². The van der Waals surface area contributed by atoms with Crippen LogP contribution in [-0.4, -0.2) is 24.9 Å². The molecule has 3 aromatic rings. The highest BCUT2D eigenvalue weighted by molar-refractivity contribution is 8.00. The van der Waals surface area contributed by atoms with Crippen LogP contribution in [0.15, 0.2) is 47.6 Å². The van der Waals surface area contributed by atoms with E-state index in [9.17, 15) is 5.11 Å². The summed E-state index contributed by atoms with van der Waals surface area (Å²) in [5.74, 6) is 2.07. The first-order valence-corrected chi connectivity index (χ1v) is 12.4. The van der Waals surface area contributed by atoms with Gasteiger partial charge in [-0.2, -0.15) is 10.1 Å². The lowest BCUT2D eigenvalue weighted by Gasteiger charge is -2.42. The summed E-state index contributed by atoms with van der Waals surface area (Å²) in [6, 6.07) is 9.79. The summed E-state index contributed by atoms with van der Waals surface area (Å²) in [5.41, 5.74) is 0.672. The van der Waals surface area contributed by atoms with E-state index in [4.69, 9.17) is 9.72 Å². The predicted octanol–water partition coefficient (Wildman–Crippen LogP) is 5.89. The third-order valence-corrected chi connectivity index (χ3v) is 7.32. The van der Waals surface area contributed by atoms with Gasteiger partial charge < -0.3 is 9.84 Å². The molecule has 1 aromatic carbocycles. The third-order valence-electron chi connectivity index (χ3n) is 6.59. The van der Waals surface area contributed by atoms with Crippen molar-refractivity contribution >= 4 is 17.9 Å². The molecule has 2 N–H and O–H groups in total. The number of rotatable bonds is 7. The molecule has 0 amide bonds. The van der Waals surface area contributed by atoms with Crippen molar-refractivity contribution in [3.05, 3.63) is 54.0 Å². The minimum Gasteiger partial charge on any atom is -0.439 e. The van der Waals surface area contributed by atoms with Gasteiger partial charge in [-0.3, -0.25) is 9.40 Å². The van der Waals surface area contributed by atoms with E-state index >= 15 is 0 Å². The maximum atomic E-state index is 11.8. The Morgan fingerprint density at radius 2 is 1.91 bits per heavy atom. The molecule has 0 aliphatic heterocycles. The Morgan fingerprint density at radius 3 is 2.58 bits per heavy atom. The van der Waals surface area contributed by atoms with E-state index in [-0.39, 0.29) is 11.8 Å². The average molecular weight is 468 g/mol. The van der Waals surface area contributed by atoms with E-state index in [0.717, 1.165) is 35.5 Å². The van der Waals surface area contributed by atoms with E-state index in [1.165, 1.54) is 11.9 Å². The molecule has 8 heteroatoms. The second kappa shape index (κ2) is 9.73. The number of aliphatic hydroxyl groups is 1. The van der Waals surface area contributed by atoms with E-state index in [1.807, 2.05) is 31.4 Å². The quantitative estimate of drug-likeness (QED) is 0.419. The summed E-state index contributed by atoms with van der Waals surface area (Å²) in [6.45, 7) is 8.48. The van der Waals surface area contributed by atoms with Gasteiger partial charge in [-0.1, -0.05) is 52.3 Å². The molecule has 2 atom stereocenters. The van der Waals surface area contributed by atoms with E-state index in [2.05, 4.69) is 48.6 Å². The molecule has 33 heavy (non-hydrogen) atoms. The molecule has 0 bridgehead atoms. The minimum absolute atomic E-state index is 0.0887. The van der Waals surface area contributed by atoms with Crippen LogP contribution in [0.3, 0.4) is 0 Å². The lowest BCUT2D eigenvalue weighted by Crippen LogP contribution is -2.43. The van der Waals surface area contributed by atoms with Crippen LogP contribution >= 0.6 is 11.9 Å². The third kappa shape index (κ3) is 5.01. The molecule has 1 fully saturated rings. The first-order chi connectivity index (χ1) is 15.8. The molecular weight excluding hydrogens is 434 g/mol. The molecule has 1 saturated carbocycles. The molecule has 0 radical (unpaired) electrons. The fourth-order valence-electron chi connectivity index (χ4n) is 4.61. The number of nitrogens with zero attached hydrogens (tertiary/aromatic N) is 4. The molecule has 0 saturated heterocycles. The number of ether oxygens (including phenoxy) is 1. The SMILES string of the molecule is CC(C)c1ccccc1Oc1cc(C2(O)C(C)CCCC2C)nc(NSc2cnn(C)c2)n1. The fraction of sp³-hybridized carbons (Fsp3) is 0.480. The average Bonchev–Trinajstić information content (AvgIpc) is 3.21. The highest BCUT2D eigenvalue weighted by Gasteiger charge is 2.45. The van der Waals surface area contributed by atoms with Gasteiger partial charge in [0.2, 0.25) is 11.8 Å². The van der Waals surface area contributed by atoms with Crippen molar-refractivity contribution in [1.29, 1.82) is 0 Å². The van der Waals surface area contributed by atoms with Gasteiger partial charge in [0.1, 0.15) is 11.4 Å². The predicted molar refractivity (Wildman–Crippen MR) is 131 cm³/mol. The zero-order chi connectivity index (χ0) is 23.6. The van der Waals surface area contributed by atoms with Crippen molar-refractivity contribution in [1.82, 2.24) is 19.7 Å². The van der Waals surface area contributed by atoms with Crippen LogP contribution in [0, 0.1) is 11.8 Å². The number of para-hydroxylation sites is 1. The number of nitrogens with one attached hydrogen (secondary N) is 1. The largest absolute Gasteiger partial charge is 0.439 e. The van der Waals surface area contributed by atoms with Crippen molar-refractivity contribution in [3.63, 3.8) is 0 Å². The number of anilines is 1. The van der Waals surface area contributed by atoms with Crippen molar-refractivity contribution in [2.45, 2.75) is 63.4 Å². The van der Waals surface area contributed by atoms with E-state index in [0.29, 0.717) is 23.4 Å². The zero-order valence-electron chi connectivity index (χ0n) is 19.9. The van der Waals surface area contributed by atoms with Crippen LogP contribution in [0.25, 0.3) is 0 Å². The molecule has 2 heterocycles. The smallest absolute Gasteiger partial charge is 0.236 e. The Kier molecular flexibility index (Phi) is 6.95. The van der Waals surface area contributed by atoms with Gasteiger partial charge in [0.25, 0.3) is 0 Å². The van der Waals surface area contributed by atoms with E-state index < -0.39 is 5.60 Å². The Bertz CT molecular complexity index is 1090. The molecule has 1 aliphatic carbocycles. The standard InChI is InChI=1S/C25H33N5O2S/c1-16(2)20-11-6-7-12-21(20)32-23-13-22(25(31)17(3)9-8-10-18(25)4)27-24(28-23)29-33-19-14-26-30(5)15-19/h6-7,11-18,31H,8-10H2,1-5H3,(H,27,28,29). The number of benzene rings is 1. The first-order valence-electron chi connectivity index (χ1n) is 11.6. The molecule has 2 unspecified atom stereocenters.